The zero-order valence-corrected chi connectivity index (χ0v) is 15.1. The molecule has 2 heterocycles. The minimum Gasteiger partial charge on any atom is -0.421 e. The lowest BCUT2D eigenvalue weighted by Crippen LogP contribution is -2.12. The Morgan fingerprint density at radius 2 is 1.86 bits per heavy atom. The van der Waals surface area contributed by atoms with Crippen molar-refractivity contribution in [3.8, 4) is 22.8 Å². The largest absolute Gasteiger partial charge is 0.421 e. The molecule has 0 saturated carbocycles. The van der Waals surface area contributed by atoms with Crippen LogP contribution in [0.3, 0.4) is 0 Å². The predicted octanol–water partition coefficient (Wildman–Crippen LogP) is 2.50. The number of carbonyl (C=O) groups excluding carboxylic acids is 1. The summed E-state index contributed by atoms with van der Waals surface area (Å²) in [6.07, 6.45) is 0.588. The Balaban J connectivity index is 1.37. The Labute approximate surface area is 160 Å². The van der Waals surface area contributed by atoms with Gasteiger partial charge in [-0.1, -0.05) is 30.3 Å². The van der Waals surface area contributed by atoms with Crippen LogP contribution in [-0.2, 0) is 18.3 Å². The fraction of sp³-hybridized carbons (Fsp3) is 0.158. The van der Waals surface area contributed by atoms with E-state index in [1.807, 2.05) is 54.6 Å². The topological polar surface area (TPSA) is 112 Å². The summed E-state index contributed by atoms with van der Waals surface area (Å²) in [6, 6.07) is 16.9. The first-order valence-corrected chi connectivity index (χ1v) is 8.69. The van der Waals surface area contributed by atoms with Crippen molar-refractivity contribution in [2.45, 2.75) is 12.8 Å². The number of anilines is 1. The molecule has 1 amide bonds. The number of tetrazole rings is 1. The zero-order valence-electron chi connectivity index (χ0n) is 15.1. The minimum absolute atomic E-state index is 0.146. The molecule has 0 radical (unpaired) electrons. The second-order valence-corrected chi connectivity index (χ2v) is 6.12. The van der Waals surface area contributed by atoms with Crippen LogP contribution in [0.5, 0.6) is 0 Å². The van der Waals surface area contributed by atoms with Gasteiger partial charge < -0.3 is 9.73 Å². The normalized spacial score (nSPS) is 10.8. The molecule has 2 aromatic carbocycles. The van der Waals surface area contributed by atoms with Gasteiger partial charge in [0, 0.05) is 36.7 Å². The highest BCUT2D eigenvalue weighted by Crippen LogP contribution is 2.20. The summed E-state index contributed by atoms with van der Waals surface area (Å²) in [5, 5.41) is 22.3. The SMILES string of the molecule is Cn1nnnc1-c1cccc(NC(=O)CCc2nnc(-c3ccccc3)o2)c1. The van der Waals surface area contributed by atoms with Gasteiger partial charge in [-0.25, -0.2) is 4.68 Å². The van der Waals surface area contributed by atoms with Crippen molar-refractivity contribution in [1.29, 1.82) is 0 Å². The van der Waals surface area contributed by atoms with Gasteiger partial charge in [0.2, 0.25) is 17.7 Å². The molecule has 4 rings (SSSR count). The maximum Gasteiger partial charge on any atom is 0.247 e. The highest BCUT2D eigenvalue weighted by atomic mass is 16.4. The van der Waals surface area contributed by atoms with E-state index in [2.05, 4.69) is 31.0 Å². The lowest BCUT2D eigenvalue weighted by molar-refractivity contribution is -0.116. The Hall–Kier alpha value is -3.88. The molecule has 4 aromatic rings. The second-order valence-electron chi connectivity index (χ2n) is 6.12. The summed E-state index contributed by atoms with van der Waals surface area (Å²) in [5.41, 5.74) is 2.33. The van der Waals surface area contributed by atoms with Crippen LogP contribution in [0.1, 0.15) is 12.3 Å². The molecule has 1 N–H and O–H groups in total. The Kier molecular flexibility index (Phi) is 4.87. The molecular weight excluding hydrogens is 358 g/mol. The van der Waals surface area contributed by atoms with Crippen molar-refractivity contribution in [2.75, 3.05) is 5.32 Å². The highest BCUT2D eigenvalue weighted by Gasteiger charge is 2.11. The van der Waals surface area contributed by atoms with Crippen LogP contribution >= 0.6 is 0 Å². The maximum atomic E-state index is 12.3. The van der Waals surface area contributed by atoms with E-state index in [4.69, 9.17) is 4.42 Å². The molecule has 0 bridgehead atoms. The van der Waals surface area contributed by atoms with E-state index in [-0.39, 0.29) is 12.3 Å². The van der Waals surface area contributed by atoms with E-state index >= 15 is 0 Å². The van der Waals surface area contributed by atoms with Crippen molar-refractivity contribution in [3.05, 3.63) is 60.5 Å². The number of rotatable bonds is 6. The quantitative estimate of drug-likeness (QED) is 0.551. The number of nitrogens with one attached hydrogen (secondary N) is 1. The maximum absolute atomic E-state index is 12.3. The van der Waals surface area contributed by atoms with Gasteiger partial charge in [0.15, 0.2) is 5.82 Å². The highest BCUT2D eigenvalue weighted by molar-refractivity contribution is 5.91. The standard InChI is InChI=1S/C19H17N7O2/c1-26-18(22-24-25-26)14-8-5-9-15(12-14)20-16(27)10-11-17-21-23-19(28-17)13-6-3-2-4-7-13/h2-9,12H,10-11H2,1H3,(H,20,27). The molecule has 0 saturated heterocycles. The molecule has 9 heteroatoms. The van der Waals surface area contributed by atoms with Gasteiger partial charge in [0.25, 0.3) is 0 Å². The summed E-state index contributed by atoms with van der Waals surface area (Å²) in [5.74, 6) is 1.34. The van der Waals surface area contributed by atoms with Crippen molar-refractivity contribution in [3.63, 3.8) is 0 Å². The minimum atomic E-state index is -0.146. The third-order valence-corrected chi connectivity index (χ3v) is 4.08. The van der Waals surface area contributed by atoms with Crippen LogP contribution in [0, 0.1) is 0 Å². The number of amides is 1. The number of aryl methyl sites for hydroxylation is 2. The number of carbonyl (C=O) groups is 1. The Morgan fingerprint density at radius 3 is 2.64 bits per heavy atom. The number of hydrogen-bond donors (Lipinski definition) is 1. The van der Waals surface area contributed by atoms with Gasteiger partial charge in [0.05, 0.1) is 0 Å². The van der Waals surface area contributed by atoms with Gasteiger partial charge in [-0.15, -0.1) is 15.3 Å². The van der Waals surface area contributed by atoms with E-state index in [0.717, 1.165) is 11.1 Å². The first-order chi connectivity index (χ1) is 13.7. The van der Waals surface area contributed by atoms with Crippen molar-refractivity contribution >= 4 is 11.6 Å². The molecule has 140 valence electrons. The van der Waals surface area contributed by atoms with Gasteiger partial charge in [-0.2, -0.15) is 0 Å². The molecule has 0 aliphatic rings. The lowest BCUT2D eigenvalue weighted by atomic mass is 10.2. The molecule has 0 atom stereocenters. The van der Waals surface area contributed by atoms with E-state index < -0.39 is 0 Å². The van der Waals surface area contributed by atoms with Crippen LogP contribution in [0.25, 0.3) is 22.8 Å². The van der Waals surface area contributed by atoms with E-state index in [0.29, 0.717) is 29.7 Å². The summed E-state index contributed by atoms with van der Waals surface area (Å²) < 4.78 is 7.19. The molecular formula is C19H17N7O2. The molecule has 2 aromatic heterocycles. The van der Waals surface area contributed by atoms with Crippen molar-refractivity contribution in [2.24, 2.45) is 7.05 Å². The fourth-order valence-corrected chi connectivity index (χ4v) is 2.71. The van der Waals surface area contributed by atoms with Crippen molar-refractivity contribution in [1.82, 2.24) is 30.4 Å². The zero-order chi connectivity index (χ0) is 19.3. The predicted molar refractivity (Wildman–Crippen MR) is 101 cm³/mol. The smallest absolute Gasteiger partial charge is 0.247 e. The monoisotopic (exact) mass is 375 g/mol. The van der Waals surface area contributed by atoms with Gasteiger partial charge >= 0.3 is 0 Å². The van der Waals surface area contributed by atoms with E-state index in [9.17, 15) is 4.79 Å². The van der Waals surface area contributed by atoms with E-state index in [1.165, 1.54) is 0 Å². The molecule has 28 heavy (non-hydrogen) atoms. The van der Waals surface area contributed by atoms with Crippen LogP contribution in [0.2, 0.25) is 0 Å². The molecule has 0 fully saturated rings. The first kappa shape index (κ1) is 17.5. The molecule has 0 aliphatic heterocycles. The summed E-state index contributed by atoms with van der Waals surface area (Å²) in [6.45, 7) is 0. The Bertz CT molecular complexity index is 1090. The van der Waals surface area contributed by atoms with Crippen LogP contribution in [0.4, 0.5) is 5.69 Å². The third-order valence-electron chi connectivity index (χ3n) is 4.08. The van der Waals surface area contributed by atoms with Gasteiger partial charge in [-0.3, -0.25) is 4.79 Å². The Morgan fingerprint density at radius 1 is 1.04 bits per heavy atom. The first-order valence-electron chi connectivity index (χ1n) is 8.69. The number of benzene rings is 2. The van der Waals surface area contributed by atoms with Crippen LogP contribution in [0.15, 0.2) is 59.0 Å². The summed E-state index contributed by atoms with van der Waals surface area (Å²) in [7, 11) is 1.76. The van der Waals surface area contributed by atoms with Crippen LogP contribution in [-0.4, -0.2) is 36.3 Å². The molecule has 9 nitrogen and oxygen atoms in total. The average Bonchev–Trinajstić information content (AvgIpc) is 3.36. The lowest BCUT2D eigenvalue weighted by Gasteiger charge is -2.06. The van der Waals surface area contributed by atoms with E-state index in [1.54, 1.807) is 11.7 Å². The summed E-state index contributed by atoms with van der Waals surface area (Å²) in [4.78, 5) is 12.3. The molecule has 0 spiro atoms. The number of aromatic nitrogens is 6. The fourth-order valence-electron chi connectivity index (χ4n) is 2.71. The van der Waals surface area contributed by atoms with Gasteiger partial charge in [-0.05, 0) is 34.7 Å². The molecule has 0 unspecified atom stereocenters. The third kappa shape index (κ3) is 3.93. The number of hydrogen-bond acceptors (Lipinski definition) is 7. The summed E-state index contributed by atoms with van der Waals surface area (Å²) >= 11 is 0. The van der Waals surface area contributed by atoms with Crippen molar-refractivity contribution < 1.29 is 9.21 Å². The average molecular weight is 375 g/mol. The number of nitrogens with zero attached hydrogens (tertiary/aromatic N) is 6. The second kappa shape index (κ2) is 7.78. The van der Waals surface area contributed by atoms with Gasteiger partial charge in [0.1, 0.15) is 0 Å². The molecule has 0 aliphatic carbocycles. The van der Waals surface area contributed by atoms with Crippen LogP contribution < -0.4 is 5.32 Å².